The van der Waals surface area contributed by atoms with Gasteiger partial charge in [-0.05, 0) is 43.0 Å². The standard InChI is InChI=1S/C30H34FN9O4/c1-38(30(43)39-17-34-16-36-39)21-5-3-4-6-22(14-21)40-27(32)25(28(33)41)26(37-40)19-9-7-18(8-10-19)15-35-29(42)23-13-20(31)11-12-24(23)44-2/h7-13,16-17,21-22H,3-6,14-15,32H2,1-2H3,(H2,33,41)(H,35,42)/t21-,22-/m0/s1. The van der Waals surface area contributed by atoms with Crippen LogP contribution in [0.25, 0.3) is 11.3 Å². The van der Waals surface area contributed by atoms with Gasteiger partial charge >= 0.3 is 6.03 Å². The van der Waals surface area contributed by atoms with Crippen molar-refractivity contribution >= 4 is 23.7 Å². The first-order valence-electron chi connectivity index (χ1n) is 14.2. The molecule has 0 aliphatic heterocycles. The van der Waals surface area contributed by atoms with Gasteiger partial charge in [0.05, 0.1) is 18.7 Å². The van der Waals surface area contributed by atoms with Crippen LogP contribution in [0.15, 0.2) is 55.1 Å². The maximum atomic E-state index is 13.7. The molecule has 0 radical (unpaired) electrons. The summed E-state index contributed by atoms with van der Waals surface area (Å²) in [5.74, 6) is -1.30. The number of carbonyl (C=O) groups is 3. The molecule has 2 aromatic heterocycles. The Balaban J connectivity index is 1.34. The Hall–Kier alpha value is -5.27. The van der Waals surface area contributed by atoms with E-state index in [2.05, 4.69) is 15.4 Å². The maximum Gasteiger partial charge on any atom is 0.346 e. The highest BCUT2D eigenvalue weighted by atomic mass is 19.1. The van der Waals surface area contributed by atoms with Crippen molar-refractivity contribution < 1.29 is 23.5 Å². The monoisotopic (exact) mass is 603 g/mol. The molecule has 3 amide bonds. The first-order valence-corrected chi connectivity index (χ1v) is 14.2. The number of hydrogen-bond acceptors (Lipinski definition) is 8. The summed E-state index contributed by atoms with van der Waals surface area (Å²) >= 11 is 0. The van der Waals surface area contributed by atoms with Crippen molar-refractivity contribution in [1.82, 2.24) is 34.8 Å². The number of nitrogens with one attached hydrogen (secondary N) is 1. The summed E-state index contributed by atoms with van der Waals surface area (Å²) in [5, 5.41) is 11.5. The molecule has 13 nitrogen and oxygen atoms in total. The van der Waals surface area contributed by atoms with E-state index in [-0.39, 0.29) is 47.4 Å². The normalized spacial score (nSPS) is 16.6. The number of halogens is 1. The Morgan fingerprint density at radius 2 is 1.89 bits per heavy atom. The number of anilines is 1. The van der Waals surface area contributed by atoms with Crippen molar-refractivity contribution in [2.45, 2.75) is 50.7 Å². The molecule has 14 heteroatoms. The molecule has 2 aromatic carbocycles. The molecular weight excluding hydrogens is 569 g/mol. The van der Waals surface area contributed by atoms with E-state index in [4.69, 9.17) is 21.3 Å². The second-order valence-corrected chi connectivity index (χ2v) is 10.7. The molecule has 1 aliphatic rings. The number of aromatic nitrogens is 5. The van der Waals surface area contributed by atoms with Gasteiger partial charge in [-0.2, -0.15) is 14.9 Å². The van der Waals surface area contributed by atoms with Gasteiger partial charge in [-0.3, -0.25) is 9.59 Å². The van der Waals surface area contributed by atoms with Gasteiger partial charge in [0, 0.05) is 25.2 Å². The first kappa shape index (κ1) is 30.2. The molecule has 5 N–H and O–H groups in total. The highest BCUT2D eigenvalue weighted by molar-refractivity contribution is 6.03. The average Bonchev–Trinajstić information content (AvgIpc) is 3.61. The summed E-state index contributed by atoms with van der Waals surface area (Å²) in [6.07, 6.45) is 6.63. The number of methoxy groups -OCH3 is 1. The van der Waals surface area contributed by atoms with Crippen LogP contribution >= 0.6 is 0 Å². The Kier molecular flexibility index (Phi) is 8.88. The van der Waals surface area contributed by atoms with E-state index in [1.165, 1.54) is 36.6 Å². The minimum Gasteiger partial charge on any atom is -0.496 e. The molecule has 0 saturated heterocycles. The van der Waals surface area contributed by atoms with Gasteiger partial charge in [-0.25, -0.2) is 18.9 Å². The average molecular weight is 604 g/mol. The van der Waals surface area contributed by atoms with Gasteiger partial charge in [0.2, 0.25) is 0 Å². The summed E-state index contributed by atoms with van der Waals surface area (Å²) < 4.78 is 21.7. The lowest BCUT2D eigenvalue weighted by Gasteiger charge is -2.29. The van der Waals surface area contributed by atoms with Crippen LogP contribution in [0.2, 0.25) is 0 Å². The summed E-state index contributed by atoms with van der Waals surface area (Å²) in [6, 6.07) is 10.3. The Bertz CT molecular complexity index is 1650. The fraction of sp³-hybridized carbons (Fsp3) is 0.333. The van der Waals surface area contributed by atoms with E-state index in [0.29, 0.717) is 17.7 Å². The number of carbonyl (C=O) groups excluding carboxylic acids is 3. The number of nitrogens with two attached hydrogens (primary N) is 2. The largest absolute Gasteiger partial charge is 0.496 e. The third kappa shape index (κ3) is 6.23. The van der Waals surface area contributed by atoms with Crippen LogP contribution in [-0.4, -0.2) is 67.5 Å². The van der Waals surface area contributed by atoms with Gasteiger partial charge in [0.1, 0.15) is 41.3 Å². The van der Waals surface area contributed by atoms with Crippen LogP contribution in [0.4, 0.5) is 15.0 Å². The number of amides is 3. The predicted molar refractivity (Wildman–Crippen MR) is 159 cm³/mol. The van der Waals surface area contributed by atoms with Crippen molar-refractivity contribution in [3.8, 4) is 17.0 Å². The van der Waals surface area contributed by atoms with Crippen LogP contribution in [0.5, 0.6) is 5.75 Å². The lowest BCUT2D eigenvalue weighted by Crippen LogP contribution is -2.40. The van der Waals surface area contributed by atoms with E-state index in [1.807, 2.05) is 0 Å². The van der Waals surface area contributed by atoms with E-state index >= 15 is 0 Å². The molecule has 4 aromatic rings. The smallest absolute Gasteiger partial charge is 0.346 e. The number of benzene rings is 2. The topological polar surface area (TPSA) is 176 Å². The summed E-state index contributed by atoms with van der Waals surface area (Å²) in [4.78, 5) is 43.7. The van der Waals surface area contributed by atoms with Crippen molar-refractivity contribution in [2.24, 2.45) is 5.73 Å². The van der Waals surface area contributed by atoms with E-state index in [1.54, 1.807) is 40.9 Å². The molecule has 0 bridgehead atoms. The fourth-order valence-electron chi connectivity index (χ4n) is 5.59. The molecule has 0 unspecified atom stereocenters. The minimum atomic E-state index is -0.701. The van der Waals surface area contributed by atoms with E-state index < -0.39 is 17.6 Å². The number of rotatable bonds is 8. The predicted octanol–water partition coefficient (Wildman–Crippen LogP) is 3.37. The molecule has 230 valence electrons. The number of nitrogen functional groups attached to an aromatic ring is 1. The molecule has 1 saturated carbocycles. The van der Waals surface area contributed by atoms with Crippen LogP contribution in [-0.2, 0) is 6.54 Å². The quantitative estimate of drug-likeness (QED) is 0.257. The maximum absolute atomic E-state index is 13.7. The number of primary amides is 1. The van der Waals surface area contributed by atoms with Gasteiger partial charge in [0.15, 0.2) is 0 Å². The lowest BCUT2D eigenvalue weighted by molar-refractivity contribution is 0.0946. The van der Waals surface area contributed by atoms with Crippen molar-refractivity contribution in [1.29, 1.82) is 0 Å². The second-order valence-electron chi connectivity index (χ2n) is 10.7. The third-order valence-corrected chi connectivity index (χ3v) is 7.96. The first-order chi connectivity index (χ1) is 21.2. The highest BCUT2D eigenvalue weighted by Gasteiger charge is 2.31. The zero-order valence-corrected chi connectivity index (χ0v) is 24.4. The molecule has 5 rings (SSSR count). The molecule has 1 fully saturated rings. The summed E-state index contributed by atoms with van der Waals surface area (Å²) in [7, 11) is 3.15. The highest BCUT2D eigenvalue weighted by Crippen LogP contribution is 2.35. The van der Waals surface area contributed by atoms with Gasteiger partial charge < -0.3 is 26.4 Å². The molecule has 2 atom stereocenters. The molecule has 2 heterocycles. The SMILES string of the molecule is COc1ccc(F)cc1C(=O)NCc1ccc(-c2nn([C@H]3CCCC[C@H](N(C)C(=O)n4cncn4)C3)c(N)c2C(N)=O)cc1. The zero-order valence-electron chi connectivity index (χ0n) is 24.4. The summed E-state index contributed by atoms with van der Waals surface area (Å²) in [5.41, 5.74) is 14.2. The van der Waals surface area contributed by atoms with Crippen LogP contribution in [0.3, 0.4) is 0 Å². The summed E-state index contributed by atoms with van der Waals surface area (Å²) in [6.45, 7) is 0.169. The van der Waals surface area contributed by atoms with E-state index in [9.17, 15) is 18.8 Å². The Morgan fingerprint density at radius 3 is 2.57 bits per heavy atom. The number of hydrogen-bond donors (Lipinski definition) is 3. The van der Waals surface area contributed by atoms with Crippen LogP contribution in [0.1, 0.15) is 64.4 Å². The Labute approximate surface area is 253 Å². The second kappa shape index (κ2) is 12.9. The molecular formula is C30H34FN9O4. The van der Waals surface area contributed by atoms with Crippen molar-refractivity contribution in [3.05, 3.63) is 77.6 Å². The van der Waals surface area contributed by atoms with Crippen molar-refractivity contribution in [2.75, 3.05) is 19.9 Å². The van der Waals surface area contributed by atoms with Gasteiger partial charge in [-0.1, -0.05) is 37.1 Å². The third-order valence-electron chi connectivity index (χ3n) is 7.96. The number of nitrogens with zero attached hydrogens (tertiary/aromatic N) is 6. The Morgan fingerprint density at radius 1 is 1.14 bits per heavy atom. The number of ether oxygens (including phenoxy) is 1. The van der Waals surface area contributed by atoms with Gasteiger partial charge in [-0.15, -0.1) is 0 Å². The molecule has 1 aliphatic carbocycles. The van der Waals surface area contributed by atoms with Gasteiger partial charge in [0.25, 0.3) is 11.8 Å². The van der Waals surface area contributed by atoms with E-state index in [0.717, 1.165) is 37.3 Å². The van der Waals surface area contributed by atoms with Crippen LogP contribution in [0, 0.1) is 5.82 Å². The van der Waals surface area contributed by atoms with Crippen molar-refractivity contribution in [3.63, 3.8) is 0 Å². The fourth-order valence-corrected chi connectivity index (χ4v) is 5.59. The lowest BCUT2D eigenvalue weighted by atomic mass is 10.0. The minimum absolute atomic E-state index is 0.0888. The zero-order chi connectivity index (χ0) is 31.4. The molecule has 44 heavy (non-hydrogen) atoms. The van der Waals surface area contributed by atoms with Crippen LogP contribution < -0.4 is 21.5 Å². The molecule has 0 spiro atoms.